The molecule has 0 spiro atoms. The highest BCUT2D eigenvalue weighted by atomic mass is 14.9. The molecule has 126 valence electrons. The maximum Gasteiger partial charge on any atom is 0.212 e. The van der Waals surface area contributed by atoms with Crippen LogP contribution in [-0.2, 0) is 19.9 Å². The lowest BCUT2D eigenvalue weighted by Gasteiger charge is -2.24. The molecule has 3 aromatic carbocycles. The molecule has 0 atom stereocenters. The second-order valence-corrected chi connectivity index (χ2v) is 7.29. The van der Waals surface area contributed by atoms with Crippen molar-refractivity contribution in [1.29, 1.82) is 0 Å². The molecule has 1 aromatic heterocycles. The zero-order valence-electron chi connectivity index (χ0n) is 15.3. The van der Waals surface area contributed by atoms with Crippen molar-refractivity contribution in [2.24, 2.45) is 7.05 Å². The summed E-state index contributed by atoms with van der Waals surface area (Å²) < 4.78 is 2.23. The lowest BCUT2D eigenvalue weighted by atomic mass is 9.79. The standard InChI is InChI=1S/C25H22N/c1-17-10-12-22-21-13-11-18-7-3-4-8-19(18)20(21)14-15-23(22)25(17)24-9-5-6-16-26(24)2/h3-13,16H,14-15H2,1-2H3/q+1. The van der Waals surface area contributed by atoms with Crippen molar-refractivity contribution in [1.82, 2.24) is 0 Å². The molecule has 1 nitrogen and oxygen atoms in total. The predicted octanol–water partition coefficient (Wildman–Crippen LogP) is 5.41. The van der Waals surface area contributed by atoms with Gasteiger partial charge in [0.25, 0.3) is 0 Å². The van der Waals surface area contributed by atoms with Crippen molar-refractivity contribution in [3.05, 3.63) is 89.6 Å². The number of aryl methyl sites for hydroxylation is 3. The van der Waals surface area contributed by atoms with Gasteiger partial charge in [0.05, 0.1) is 5.56 Å². The van der Waals surface area contributed by atoms with Crippen LogP contribution in [0.3, 0.4) is 0 Å². The minimum absolute atomic E-state index is 1.10. The Kier molecular flexibility index (Phi) is 3.43. The van der Waals surface area contributed by atoms with Gasteiger partial charge in [-0.15, -0.1) is 0 Å². The Morgan fingerprint density at radius 3 is 2.35 bits per heavy atom. The SMILES string of the molecule is Cc1ccc2c(c1-c1cccc[n+]1C)CCc1c-2ccc2ccccc12. The highest BCUT2D eigenvalue weighted by Gasteiger charge is 2.24. The molecule has 0 saturated carbocycles. The number of rotatable bonds is 1. The van der Waals surface area contributed by atoms with E-state index in [1.54, 1.807) is 0 Å². The third kappa shape index (κ3) is 2.20. The van der Waals surface area contributed by atoms with Gasteiger partial charge in [-0.2, -0.15) is 0 Å². The van der Waals surface area contributed by atoms with Crippen LogP contribution in [0.2, 0.25) is 0 Å². The number of hydrogen-bond donors (Lipinski definition) is 0. The minimum Gasteiger partial charge on any atom is -0.201 e. The summed E-state index contributed by atoms with van der Waals surface area (Å²) in [5.74, 6) is 0. The van der Waals surface area contributed by atoms with Gasteiger partial charge in [0.15, 0.2) is 6.20 Å². The fourth-order valence-corrected chi connectivity index (χ4v) is 4.52. The van der Waals surface area contributed by atoms with E-state index in [1.807, 2.05) is 0 Å². The van der Waals surface area contributed by atoms with Crippen LogP contribution in [0.15, 0.2) is 72.9 Å². The van der Waals surface area contributed by atoms with E-state index in [2.05, 4.69) is 91.5 Å². The molecule has 5 rings (SSSR count). The molecule has 1 heterocycles. The average Bonchev–Trinajstić information content (AvgIpc) is 2.68. The van der Waals surface area contributed by atoms with Crippen LogP contribution in [-0.4, -0.2) is 0 Å². The molecule has 0 N–H and O–H groups in total. The summed E-state index contributed by atoms with van der Waals surface area (Å²) >= 11 is 0. The van der Waals surface area contributed by atoms with Crippen molar-refractivity contribution in [2.45, 2.75) is 19.8 Å². The first-order chi connectivity index (χ1) is 12.7. The van der Waals surface area contributed by atoms with Crippen LogP contribution in [0, 0.1) is 6.92 Å². The molecule has 0 unspecified atom stereocenters. The van der Waals surface area contributed by atoms with Gasteiger partial charge in [0, 0.05) is 12.1 Å². The summed E-state index contributed by atoms with van der Waals surface area (Å²) in [6.07, 6.45) is 4.34. The molecule has 0 saturated heterocycles. The molecule has 1 aliphatic carbocycles. The Bertz CT molecular complexity index is 1150. The van der Waals surface area contributed by atoms with Crippen molar-refractivity contribution >= 4 is 10.8 Å². The summed E-state index contributed by atoms with van der Waals surface area (Å²) in [6.45, 7) is 2.23. The van der Waals surface area contributed by atoms with Gasteiger partial charge in [0.2, 0.25) is 5.69 Å². The fraction of sp³-hybridized carbons (Fsp3) is 0.160. The molecule has 0 bridgehead atoms. The van der Waals surface area contributed by atoms with E-state index in [1.165, 1.54) is 49.8 Å². The third-order valence-corrected chi connectivity index (χ3v) is 5.79. The minimum atomic E-state index is 1.10. The largest absolute Gasteiger partial charge is 0.212 e. The number of fused-ring (bicyclic) bond motifs is 5. The number of aromatic nitrogens is 1. The van der Waals surface area contributed by atoms with Crippen molar-refractivity contribution in [3.8, 4) is 22.4 Å². The van der Waals surface area contributed by atoms with E-state index >= 15 is 0 Å². The van der Waals surface area contributed by atoms with Crippen LogP contribution < -0.4 is 4.57 Å². The van der Waals surface area contributed by atoms with E-state index in [0.717, 1.165) is 12.8 Å². The van der Waals surface area contributed by atoms with Crippen LogP contribution in [0.1, 0.15) is 16.7 Å². The van der Waals surface area contributed by atoms with Crippen LogP contribution in [0.4, 0.5) is 0 Å². The molecular weight excluding hydrogens is 314 g/mol. The Labute approximate surface area is 154 Å². The highest BCUT2D eigenvalue weighted by molar-refractivity contribution is 5.94. The maximum atomic E-state index is 2.32. The van der Waals surface area contributed by atoms with Crippen LogP contribution in [0.25, 0.3) is 33.2 Å². The van der Waals surface area contributed by atoms with Gasteiger partial charge in [-0.1, -0.05) is 48.5 Å². The van der Waals surface area contributed by atoms with Gasteiger partial charge in [-0.3, -0.25) is 0 Å². The van der Waals surface area contributed by atoms with Crippen molar-refractivity contribution in [3.63, 3.8) is 0 Å². The summed E-state index contributed by atoms with van der Waals surface area (Å²) in [7, 11) is 2.14. The normalized spacial score (nSPS) is 12.7. The maximum absolute atomic E-state index is 2.32. The van der Waals surface area contributed by atoms with E-state index in [0.29, 0.717) is 0 Å². The van der Waals surface area contributed by atoms with E-state index in [9.17, 15) is 0 Å². The van der Waals surface area contributed by atoms with E-state index in [4.69, 9.17) is 0 Å². The van der Waals surface area contributed by atoms with Crippen molar-refractivity contribution in [2.75, 3.05) is 0 Å². The number of benzene rings is 3. The second kappa shape index (κ2) is 5.81. The van der Waals surface area contributed by atoms with Gasteiger partial charge < -0.3 is 0 Å². The number of pyridine rings is 1. The quantitative estimate of drug-likeness (QED) is 0.409. The van der Waals surface area contributed by atoms with Gasteiger partial charge in [-0.25, -0.2) is 4.57 Å². The Hall–Kier alpha value is -2.93. The van der Waals surface area contributed by atoms with E-state index < -0.39 is 0 Å². The molecule has 1 heteroatoms. The molecular formula is C25H22N+. The first kappa shape index (κ1) is 15.3. The smallest absolute Gasteiger partial charge is 0.201 e. The predicted molar refractivity (Wildman–Crippen MR) is 108 cm³/mol. The summed E-state index contributed by atoms with van der Waals surface area (Å²) in [5.41, 5.74) is 9.87. The Morgan fingerprint density at radius 2 is 1.46 bits per heavy atom. The number of hydrogen-bond acceptors (Lipinski definition) is 0. The molecule has 0 aliphatic heterocycles. The fourth-order valence-electron chi connectivity index (χ4n) is 4.52. The molecule has 0 fully saturated rings. The van der Waals surface area contributed by atoms with Gasteiger partial charge >= 0.3 is 0 Å². The van der Waals surface area contributed by atoms with Crippen LogP contribution >= 0.6 is 0 Å². The Balaban J connectivity index is 1.81. The average molecular weight is 336 g/mol. The van der Waals surface area contributed by atoms with Gasteiger partial charge in [0.1, 0.15) is 7.05 Å². The highest BCUT2D eigenvalue weighted by Crippen LogP contribution is 2.41. The van der Waals surface area contributed by atoms with Crippen molar-refractivity contribution < 1.29 is 4.57 Å². The van der Waals surface area contributed by atoms with Crippen LogP contribution in [0.5, 0.6) is 0 Å². The topological polar surface area (TPSA) is 3.88 Å². The molecule has 1 aliphatic rings. The van der Waals surface area contributed by atoms with E-state index in [-0.39, 0.29) is 0 Å². The second-order valence-electron chi connectivity index (χ2n) is 7.29. The first-order valence-corrected chi connectivity index (χ1v) is 9.32. The first-order valence-electron chi connectivity index (χ1n) is 9.32. The Morgan fingerprint density at radius 1 is 0.731 bits per heavy atom. The molecule has 0 radical (unpaired) electrons. The zero-order chi connectivity index (χ0) is 17.7. The monoisotopic (exact) mass is 336 g/mol. The third-order valence-electron chi connectivity index (χ3n) is 5.79. The zero-order valence-corrected chi connectivity index (χ0v) is 15.3. The molecule has 4 aromatic rings. The lowest BCUT2D eigenvalue weighted by Crippen LogP contribution is -2.30. The summed E-state index contributed by atoms with van der Waals surface area (Å²) in [6, 6.07) is 24.4. The molecule has 26 heavy (non-hydrogen) atoms. The molecule has 0 amide bonds. The lowest BCUT2D eigenvalue weighted by molar-refractivity contribution is -0.660. The summed E-state index contributed by atoms with van der Waals surface area (Å²) in [5, 5.41) is 2.75. The summed E-state index contributed by atoms with van der Waals surface area (Å²) in [4.78, 5) is 0. The van der Waals surface area contributed by atoms with Gasteiger partial charge in [-0.05, 0) is 64.4 Å². The number of nitrogens with zero attached hydrogens (tertiary/aromatic N) is 1.